The van der Waals surface area contributed by atoms with Gasteiger partial charge in [0.05, 0.1) is 16.8 Å². The lowest BCUT2D eigenvalue weighted by Gasteiger charge is -2.32. The first kappa shape index (κ1) is 21.6. The predicted octanol–water partition coefficient (Wildman–Crippen LogP) is 4.88. The van der Waals surface area contributed by atoms with Crippen LogP contribution >= 0.6 is 11.8 Å². The van der Waals surface area contributed by atoms with Gasteiger partial charge in [0.15, 0.2) is 0 Å². The summed E-state index contributed by atoms with van der Waals surface area (Å²) in [6.07, 6.45) is 1.52. The summed E-state index contributed by atoms with van der Waals surface area (Å²) in [4.78, 5) is 15.6. The highest BCUT2D eigenvalue weighted by atomic mass is 32.2. The van der Waals surface area contributed by atoms with Gasteiger partial charge in [0.25, 0.3) is 0 Å². The minimum absolute atomic E-state index is 0.0842. The number of pyridine rings is 1. The second-order valence-electron chi connectivity index (χ2n) is 7.73. The van der Waals surface area contributed by atoms with Gasteiger partial charge in [0, 0.05) is 11.9 Å². The predicted molar refractivity (Wildman–Crippen MR) is 112 cm³/mol. The van der Waals surface area contributed by atoms with Crippen molar-refractivity contribution in [3.8, 4) is 0 Å². The molecule has 0 atom stereocenters. The minimum Gasteiger partial charge on any atom is -0.478 e. The monoisotopic (exact) mass is 415 g/mol. The maximum absolute atomic E-state index is 15.6. The van der Waals surface area contributed by atoms with Gasteiger partial charge in [-0.3, -0.25) is 0 Å². The van der Waals surface area contributed by atoms with Crippen LogP contribution in [0.25, 0.3) is 5.57 Å². The second kappa shape index (κ2) is 8.30. The molecule has 0 saturated carbocycles. The van der Waals surface area contributed by atoms with Gasteiger partial charge >= 0.3 is 13.1 Å². The molecule has 1 aliphatic heterocycles. The first-order valence-corrected chi connectivity index (χ1v) is 10.2. The van der Waals surface area contributed by atoms with E-state index < -0.39 is 30.0 Å². The second-order valence-corrected chi connectivity index (χ2v) is 8.69. The molecule has 1 saturated heterocycles. The summed E-state index contributed by atoms with van der Waals surface area (Å²) in [5.74, 6) is -0.894. The van der Waals surface area contributed by atoms with Gasteiger partial charge in [-0.1, -0.05) is 30.3 Å². The van der Waals surface area contributed by atoms with E-state index in [1.165, 1.54) is 12.3 Å². The number of aromatic nitrogens is 1. The van der Waals surface area contributed by atoms with E-state index in [0.29, 0.717) is 16.2 Å². The Morgan fingerprint density at radius 3 is 2.31 bits per heavy atom. The zero-order chi connectivity index (χ0) is 21.2. The standard InChI is InChI=1S/C21H23BFNO4S/c1-20(2)21(3,4)28-22(27-20)17(23)16(14-9-6-5-7-10-14)13-29-18-15(19(25)26)11-8-12-24-18/h5-12H,13H2,1-4H3,(H,25,26). The topological polar surface area (TPSA) is 68.7 Å². The van der Waals surface area contributed by atoms with E-state index in [2.05, 4.69) is 4.98 Å². The van der Waals surface area contributed by atoms with Crippen molar-refractivity contribution in [3.63, 3.8) is 0 Å². The first-order valence-electron chi connectivity index (χ1n) is 9.23. The molecule has 1 aromatic carbocycles. The highest BCUT2D eigenvalue weighted by Crippen LogP contribution is 2.41. The fraction of sp³-hybridized carbons (Fsp3) is 0.333. The number of hydrogen-bond donors (Lipinski definition) is 1. The molecule has 0 radical (unpaired) electrons. The minimum atomic E-state index is -1.13. The molecule has 0 spiro atoms. The summed E-state index contributed by atoms with van der Waals surface area (Å²) in [6, 6.07) is 12.1. The van der Waals surface area contributed by atoms with Crippen molar-refractivity contribution in [2.24, 2.45) is 0 Å². The van der Waals surface area contributed by atoms with Crippen LogP contribution < -0.4 is 0 Å². The van der Waals surface area contributed by atoms with Crippen molar-refractivity contribution in [2.45, 2.75) is 43.9 Å². The van der Waals surface area contributed by atoms with Gasteiger partial charge in [-0.15, -0.1) is 11.8 Å². The van der Waals surface area contributed by atoms with E-state index >= 15 is 4.39 Å². The lowest BCUT2D eigenvalue weighted by Crippen LogP contribution is -2.41. The van der Waals surface area contributed by atoms with E-state index in [0.717, 1.165) is 11.8 Å². The average Bonchev–Trinajstić information content (AvgIpc) is 2.90. The maximum Gasteiger partial charge on any atom is 0.525 e. The van der Waals surface area contributed by atoms with Crippen LogP contribution in [0.4, 0.5) is 4.39 Å². The Hall–Kier alpha value is -2.16. The number of rotatable bonds is 6. The van der Waals surface area contributed by atoms with Crippen LogP contribution in [0.3, 0.4) is 0 Å². The molecular formula is C21H23BFNO4S. The number of nitrogens with zero attached hydrogens (tertiary/aromatic N) is 1. The average molecular weight is 415 g/mol. The maximum atomic E-state index is 15.6. The number of thioether (sulfide) groups is 1. The Morgan fingerprint density at radius 2 is 1.72 bits per heavy atom. The third-order valence-corrected chi connectivity index (χ3v) is 6.26. The van der Waals surface area contributed by atoms with Crippen LogP contribution in [0.15, 0.2) is 59.4 Å². The van der Waals surface area contributed by atoms with Crippen molar-refractivity contribution in [2.75, 3.05) is 5.75 Å². The van der Waals surface area contributed by atoms with Gasteiger partial charge < -0.3 is 14.4 Å². The van der Waals surface area contributed by atoms with Gasteiger partial charge in [0.2, 0.25) is 0 Å². The Balaban J connectivity index is 1.95. The summed E-state index contributed by atoms with van der Waals surface area (Å²) in [6.45, 7) is 7.46. The van der Waals surface area contributed by atoms with E-state index in [4.69, 9.17) is 9.31 Å². The molecule has 5 nitrogen and oxygen atoms in total. The number of carboxylic acid groups (broad SMARTS) is 1. The summed E-state index contributed by atoms with van der Waals surface area (Å²) in [5.41, 5.74) is -0.699. The largest absolute Gasteiger partial charge is 0.525 e. The molecule has 1 fully saturated rings. The van der Waals surface area contributed by atoms with Gasteiger partial charge in [0.1, 0.15) is 10.8 Å². The SMILES string of the molecule is CC1(C)OB(C(F)=C(CSc2ncccc2C(=O)O)c2ccccc2)OC1(C)C. The quantitative estimate of drug-likeness (QED) is 0.536. The molecule has 152 valence electrons. The Labute approximate surface area is 174 Å². The lowest BCUT2D eigenvalue weighted by molar-refractivity contribution is 0.00578. The normalized spacial score (nSPS) is 18.4. The summed E-state index contributed by atoms with van der Waals surface area (Å²) in [5, 5.41) is 9.69. The molecule has 1 aliphatic rings. The van der Waals surface area contributed by atoms with E-state index in [-0.39, 0.29) is 11.3 Å². The van der Waals surface area contributed by atoms with Crippen molar-refractivity contribution < 1.29 is 23.6 Å². The lowest BCUT2D eigenvalue weighted by atomic mass is 9.83. The fourth-order valence-electron chi connectivity index (χ4n) is 2.83. The van der Waals surface area contributed by atoms with Crippen LogP contribution in [-0.2, 0) is 9.31 Å². The Kier molecular flexibility index (Phi) is 6.17. The zero-order valence-electron chi connectivity index (χ0n) is 16.8. The smallest absolute Gasteiger partial charge is 0.478 e. The van der Waals surface area contributed by atoms with E-state index in [1.54, 1.807) is 18.2 Å². The molecule has 0 aliphatic carbocycles. The molecule has 0 bridgehead atoms. The zero-order valence-corrected chi connectivity index (χ0v) is 17.6. The summed E-state index contributed by atoms with van der Waals surface area (Å²) in [7, 11) is -1.13. The molecule has 2 heterocycles. The molecular weight excluding hydrogens is 392 g/mol. The van der Waals surface area contributed by atoms with Gasteiger partial charge in [-0.2, -0.15) is 0 Å². The van der Waals surface area contributed by atoms with Crippen LogP contribution in [-0.4, -0.2) is 40.1 Å². The highest BCUT2D eigenvalue weighted by molar-refractivity contribution is 7.99. The molecule has 0 unspecified atom stereocenters. The molecule has 29 heavy (non-hydrogen) atoms. The van der Waals surface area contributed by atoms with Crippen LogP contribution in [0, 0.1) is 0 Å². The number of carbonyl (C=O) groups is 1. The number of hydrogen-bond acceptors (Lipinski definition) is 5. The van der Waals surface area contributed by atoms with Crippen LogP contribution in [0.2, 0.25) is 0 Å². The van der Waals surface area contributed by atoms with Crippen LogP contribution in [0.5, 0.6) is 0 Å². The van der Waals surface area contributed by atoms with Crippen LogP contribution in [0.1, 0.15) is 43.6 Å². The molecule has 1 N–H and O–H groups in total. The number of halogens is 1. The molecule has 3 rings (SSSR count). The van der Waals surface area contributed by atoms with Gasteiger partial charge in [-0.25, -0.2) is 14.2 Å². The van der Waals surface area contributed by atoms with E-state index in [1.807, 2.05) is 45.9 Å². The highest BCUT2D eigenvalue weighted by Gasteiger charge is 2.53. The van der Waals surface area contributed by atoms with Crippen molar-refractivity contribution >= 4 is 30.4 Å². The third-order valence-electron chi connectivity index (χ3n) is 5.23. The van der Waals surface area contributed by atoms with Crippen molar-refractivity contribution in [3.05, 3.63) is 65.5 Å². The number of benzene rings is 1. The summed E-state index contributed by atoms with van der Waals surface area (Å²) >= 11 is 1.16. The van der Waals surface area contributed by atoms with E-state index in [9.17, 15) is 9.90 Å². The van der Waals surface area contributed by atoms with Gasteiger partial charge in [-0.05, 0) is 51.0 Å². The Morgan fingerprint density at radius 1 is 1.10 bits per heavy atom. The first-order chi connectivity index (χ1) is 13.6. The molecule has 2 aromatic rings. The fourth-order valence-corrected chi connectivity index (χ4v) is 3.86. The van der Waals surface area contributed by atoms with Crippen molar-refractivity contribution in [1.29, 1.82) is 0 Å². The molecule has 1 aromatic heterocycles. The molecule has 8 heteroatoms. The third kappa shape index (κ3) is 4.55. The Bertz CT molecular complexity index is 917. The molecule has 0 amide bonds. The number of aromatic carboxylic acids is 1. The van der Waals surface area contributed by atoms with Crippen molar-refractivity contribution in [1.82, 2.24) is 4.98 Å². The number of carboxylic acids is 1. The summed E-state index contributed by atoms with van der Waals surface area (Å²) < 4.78 is 27.3.